The fourth-order valence-corrected chi connectivity index (χ4v) is 7.21. The van der Waals surface area contributed by atoms with Crippen LogP contribution < -0.4 is 5.30 Å². The second-order valence-electron chi connectivity index (χ2n) is 5.44. The Kier molecular flexibility index (Phi) is 10.9. The van der Waals surface area contributed by atoms with Crippen molar-refractivity contribution in [3.8, 4) is 0 Å². The molecule has 1 rings (SSSR count). The van der Waals surface area contributed by atoms with Gasteiger partial charge < -0.3 is 22.3 Å². The summed E-state index contributed by atoms with van der Waals surface area (Å²) in [6.45, 7) is 11.7. The number of benzene rings is 1. The monoisotopic (exact) mass is 404 g/mol. The third-order valence-corrected chi connectivity index (χ3v) is 8.95. The van der Waals surface area contributed by atoms with Gasteiger partial charge in [-0.05, 0) is 52.7 Å². The van der Waals surface area contributed by atoms with E-state index in [1.165, 1.54) is 0 Å². The molecule has 0 aromatic heterocycles. The molecule has 26 heavy (non-hydrogen) atoms. The fraction of sp³-hybridized carbons (Fsp3) is 0.667. The van der Waals surface area contributed by atoms with Gasteiger partial charge in [0.15, 0.2) is 0 Å². The Morgan fingerprint density at radius 1 is 0.808 bits per heavy atom. The molecule has 0 unspecified atom stereocenters. The SMILES string of the molecule is CCO[Si](CCc1ccccc1P(=O)(OCC)OCC)(OCC)OCC. The van der Waals surface area contributed by atoms with Crippen molar-refractivity contribution in [3.05, 3.63) is 29.8 Å². The molecule has 1 aromatic rings. The van der Waals surface area contributed by atoms with Crippen LogP contribution in [-0.4, -0.2) is 41.8 Å². The van der Waals surface area contributed by atoms with E-state index in [0.717, 1.165) is 5.56 Å². The van der Waals surface area contributed by atoms with Gasteiger partial charge in [-0.3, -0.25) is 4.57 Å². The lowest BCUT2D eigenvalue weighted by Gasteiger charge is -2.29. The summed E-state index contributed by atoms with van der Waals surface area (Å²) in [5.41, 5.74) is 0.911. The maximum atomic E-state index is 13.2. The molecule has 8 heteroatoms. The van der Waals surface area contributed by atoms with Crippen molar-refractivity contribution in [1.29, 1.82) is 0 Å². The van der Waals surface area contributed by atoms with Gasteiger partial charge in [0.25, 0.3) is 0 Å². The molecule has 6 nitrogen and oxygen atoms in total. The van der Waals surface area contributed by atoms with E-state index in [4.69, 9.17) is 22.3 Å². The van der Waals surface area contributed by atoms with Gasteiger partial charge in [0.1, 0.15) is 0 Å². The maximum Gasteiger partial charge on any atom is 0.501 e. The van der Waals surface area contributed by atoms with Crippen LogP contribution in [0.5, 0.6) is 0 Å². The highest BCUT2D eigenvalue weighted by Gasteiger charge is 2.40. The topological polar surface area (TPSA) is 63.2 Å². The quantitative estimate of drug-likeness (QED) is 0.343. The molecule has 0 saturated heterocycles. The maximum absolute atomic E-state index is 13.2. The predicted octanol–water partition coefficient (Wildman–Crippen LogP) is 4.17. The first-order valence-electron chi connectivity index (χ1n) is 9.40. The van der Waals surface area contributed by atoms with Crippen LogP contribution >= 0.6 is 7.60 Å². The largest absolute Gasteiger partial charge is 0.501 e. The number of aryl methyl sites for hydroxylation is 1. The summed E-state index contributed by atoms with van der Waals surface area (Å²) in [6, 6.07) is 8.14. The van der Waals surface area contributed by atoms with E-state index in [2.05, 4.69) is 0 Å². The molecule has 0 aliphatic heterocycles. The second kappa shape index (κ2) is 12.0. The minimum atomic E-state index is -3.34. The van der Waals surface area contributed by atoms with Crippen LogP contribution in [0.25, 0.3) is 0 Å². The van der Waals surface area contributed by atoms with Crippen LogP contribution in [0.2, 0.25) is 6.04 Å². The lowest BCUT2D eigenvalue weighted by atomic mass is 10.2. The molecule has 0 aliphatic carbocycles. The van der Waals surface area contributed by atoms with E-state index in [9.17, 15) is 4.57 Å². The Labute approximate surface area is 159 Å². The van der Waals surface area contributed by atoms with E-state index in [1.807, 2.05) is 58.9 Å². The van der Waals surface area contributed by atoms with Crippen LogP contribution in [0.3, 0.4) is 0 Å². The molecule has 0 heterocycles. The van der Waals surface area contributed by atoms with E-state index < -0.39 is 16.4 Å². The normalized spacial score (nSPS) is 12.5. The van der Waals surface area contributed by atoms with Gasteiger partial charge in [-0.1, -0.05) is 18.2 Å². The van der Waals surface area contributed by atoms with Crippen LogP contribution in [0, 0.1) is 0 Å². The zero-order valence-corrected chi connectivity index (χ0v) is 18.6. The van der Waals surface area contributed by atoms with Crippen LogP contribution in [0.15, 0.2) is 24.3 Å². The van der Waals surface area contributed by atoms with Crippen LogP contribution in [0.1, 0.15) is 40.2 Å². The number of rotatable bonds is 14. The summed E-state index contributed by atoms with van der Waals surface area (Å²) in [4.78, 5) is 0. The molecule has 0 N–H and O–H groups in total. The van der Waals surface area contributed by atoms with Crippen molar-refractivity contribution < 1.29 is 26.9 Å². The third kappa shape index (κ3) is 6.57. The molecule has 0 aliphatic rings. The van der Waals surface area contributed by atoms with Crippen molar-refractivity contribution in [1.82, 2.24) is 0 Å². The number of hydrogen-bond acceptors (Lipinski definition) is 6. The van der Waals surface area contributed by atoms with E-state index >= 15 is 0 Å². The predicted molar refractivity (Wildman–Crippen MR) is 106 cm³/mol. The standard InChI is InChI=1S/C18H33O6PSi/c1-6-20-25(19,21-7-2)18-14-12-11-13-17(18)15-16-26(22-8-3,23-9-4)24-10-5/h11-14H,6-10,15-16H2,1-5H3. The minimum absolute atomic E-state index is 0.321. The Morgan fingerprint density at radius 3 is 1.77 bits per heavy atom. The minimum Gasteiger partial charge on any atom is -0.374 e. The van der Waals surface area contributed by atoms with Gasteiger partial charge in [0, 0.05) is 25.9 Å². The lowest BCUT2D eigenvalue weighted by Crippen LogP contribution is -2.46. The molecule has 0 amide bonds. The third-order valence-electron chi connectivity index (χ3n) is 3.68. The van der Waals surface area contributed by atoms with Gasteiger partial charge in [-0.25, -0.2) is 0 Å². The second-order valence-corrected chi connectivity index (χ2v) is 10.2. The summed E-state index contributed by atoms with van der Waals surface area (Å²) >= 11 is 0. The lowest BCUT2D eigenvalue weighted by molar-refractivity contribution is 0.0714. The van der Waals surface area contributed by atoms with Gasteiger partial charge in [-0.15, -0.1) is 0 Å². The molecule has 0 bridgehead atoms. The van der Waals surface area contributed by atoms with Crippen molar-refractivity contribution in [2.24, 2.45) is 0 Å². The van der Waals surface area contributed by atoms with E-state index in [0.29, 0.717) is 50.8 Å². The first-order chi connectivity index (χ1) is 12.5. The summed E-state index contributed by atoms with van der Waals surface area (Å²) < 4.78 is 42.0. The highest BCUT2D eigenvalue weighted by atomic mass is 31.2. The van der Waals surface area contributed by atoms with Crippen LogP contribution in [0.4, 0.5) is 0 Å². The molecular weight excluding hydrogens is 371 g/mol. The molecule has 0 saturated carbocycles. The molecular formula is C18H33O6PSi. The summed E-state index contributed by atoms with van der Waals surface area (Å²) in [6.07, 6.45) is 0.618. The average molecular weight is 405 g/mol. The van der Waals surface area contributed by atoms with Crippen molar-refractivity contribution in [2.75, 3.05) is 33.0 Å². The molecule has 0 spiro atoms. The molecule has 0 radical (unpaired) electrons. The Hall–Kier alpha value is -0.533. The molecule has 0 fully saturated rings. The zero-order valence-electron chi connectivity index (χ0n) is 16.7. The van der Waals surface area contributed by atoms with Gasteiger partial charge in [0.2, 0.25) is 0 Å². The fourth-order valence-electron chi connectivity index (χ4n) is 2.79. The summed E-state index contributed by atoms with van der Waals surface area (Å²) in [7, 11) is -6.11. The highest BCUT2D eigenvalue weighted by molar-refractivity contribution is 7.62. The Bertz CT molecular complexity index is 541. The average Bonchev–Trinajstić information content (AvgIpc) is 2.61. The summed E-state index contributed by atoms with van der Waals surface area (Å²) in [5, 5.41) is 0.607. The van der Waals surface area contributed by atoms with Crippen molar-refractivity contribution in [2.45, 2.75) is 47.1 Å². The number of hydrogen-bond donors (Lipinski definition) is 0. The Balaban J connectivity index is 3.10. The van der Waals surface area contributed by atoms with Gasteiger partial charge in [-0.2, -0.15) is 0 Å². The summed E-state index contributed by atoms with van der Waals surface area (Å²) in [5.74, 6) is 0. The first-order valence-corrected chi connectivity index (χ1v) is 12.9. The highest BCUT2D eigenvalue weighted by Crippen LogP contribution is 2.47. The van der Waals surface area contributed by atoms with Gasteiger partial charge in [0.05, 0.1) is 18.5 Å². The van der Waals surface area contributed by atoms with Gasteiger partial charge >= 0.3 is 16.4 Å². The molecule has 150 valence electrons. The van der Waals surface area contributed by atoms with E-state index in [-0.39, 0.29) is 0 Å². The molecule has 1 aromatic carbocycles. The smallest absolute Gasteiger partial charge is 0.374 e. The van der Waals surface area contributed by atoms with Crippen molar-refractivity contribution >= 4 is 21.7 Å². The molecule has 0 atom stereocenters. The Morgan fingerprint density at radius 2 is 1.31 bits per heavy atom. The first kappa shape index (κ1) is 23.5. The zero-order chi connectivity index (χ0) is 19.5. The van der Waals surface area contributed by atoms with E-state index in [1.54, 1.807) is 0 Å². The van der Waals surface area contributed by atoms with Crippen molar-refractivity contribution in [3.63, 3.8) is 0 Å². The van der Waals surface area contributed by atoms with Crippen LogP contribution in [-0.2, 0) is 33.3 Å².